The number of benzene rings is 1. The van der Waals surface area contributed by atoms with Gasteiger partial charge in [-0.25, -0.2) is 0 Å². The Kier molecular flexibility index (Phi) is 11.3. The minimum absolute atomic E-state index is 0.737. The third-order valence-electron chi connectivity index (χ3n) is 5.65. The van der Waals surface area contributed by atoms with E-state index in [4.69, 9.17) is 4.74 Å². The lowest BCUT2D eigenvalue weighted by Crippen LogP contribution is -2.12. The van der Waals surface area contributed by atoms with Crippen LogP contribution in [0.3, 0.4) is 0 Å². The van der Waals surface area contributed by atoms with Crippen molar-refractivity contribution < 1.29 is 4.74 Å². The van der Waals surface area contributed by atoms with Crippen LogP contribution in [0, 0.1) is 23.7 Å². The minimum Gasteiger partial charge on any atom is -0.494 e. The first kappa shape index (κ1) is 22.4. The number of allylic oxidation sites excluding steroid dienone is 3. The molecule has 28 heavy (non-hydrogen) atoms. The van der Waals surface area contributed by atoms with E-state index < -0.39 is 0 Å². The van der Waals surface area contributed by atoms with Crippen molar-refractivity contribution in [1.29, 1.82) is 0 Å². The first-order chi connectivity index (χ1) is 13.8. The van der Waals surface area contributed by atoms with E-state index in [1.165, 1.54) is 51.4 Å². The molecule has 0 N–H and O–H groups in total. The second-order valence-electron chi connectivity index (χ2n) is 8.03. The quantitative estimate of drug-likeness (QED) is 0.298. The molecule has 0 saturated heterocycles. The maximum Gasteiger partial charge on any atom is 0.119 e. The van der Waals surface area contributed by atoms with Gasteiger partial charge in [-0.15, -0.1) is 0 Å². The van der Waals surface area contributed by atoms with Crippen LogP contribution < -0.4 is 4.74 Å². The number of unbranched alkanes of at least 4 members (excludes halogenated alkanes) is 3. The van der Waals surface area contributed by atoms with Gasteiger partial charge in [0.05, 0.1) is 6.61 Å². The summed E-state index contributed by atoms with van der Waals surface area (Å²) in [4.78, 5) is 0. The van der Waals surface area contributed by atoms with E-state index in [1.54, 1.807) is 0 Å². The van der Waals surface area contributed by atoms with Crippen LogP contribution in [0.25, 0.3) is 6.08 Å². The van der Waals surface area contributed by atoms with Crippen LogP contribution in [-0.4, -0.2) is 6.61 Å². The third-order valence-corrected chi connectivity index (χ3v) is 5.65. The lowest BCUT2D eigenvalue weighted by Gasteiger charge is -2.26. The topological polar surface area (TPSA) is 9.23 Å². The first-order valence-electron chi connectivity index (χ1n) is 11.4. The van der Waals surface area contributed by atoms with Crippen LogP contribution in [0.1, 0.15) is 83.6 Å². The van der Waals surface area contributed by atoms with Crippen molar-refractivity contribution in [3.05, 3.63) is 48.1 Å². The highest BCUT2D eigenvalue weighted by Gasteiger charge is 2.18. The van der Waals surface area contributed by atoms with Gasteiger partial charge >= 0.3 is 0 Å². The molecule has 0 amide bonds. The highest BCUT2D eigenvalue weighted by molar-refractivity contribution is 5.54. The van der Waals surface area contributed by atoms with Gasteiger partial charge in [0.2, 0.25) is 0 Å². The van der Waals surface area contributed by atoms with Crippen molar-refractivity contribution in [3.8, 4) is 17.6 Å². The average Bonchev–Trinajstić information content (AvgIpc) is 2.73. The lowest BCUT2D eigenvalue weighted by atomic mass is 9.79. The summed E-state index contributed by atoms with van der Waals surface area (Å²) in [6, 6.07) is 8.21. The fourth-order valence-corrected chi connectivity index (χ4v) is 3.78. The molecule has 152 valence electrons. The number of hydrogen-bond donors (Lipinski definition) is 0. The van der Waals surface area contributed by atoms with Crippen molar-refractivity contribution in [2.24, 2.45) is 11.8 Å². The maximum atomic E-state index is 5.69. The normalized spacial score (nSPS) is 19.6. The van der Waals surface area contributed by atoms with E-state index in [1.807, 2.05) is 18.2 Å². The van der Waals surface area contributed by atoms with E-state index in [2.05, 4.69) is 56.0 Å². The number of rotatable bonds is 10. The molecule has 2 rings (SSSR count). The molecule has 0 atom stereocenters. The van der Waals surface area contributed by atoms with E-state index in [-0.39, 0.29) is 0 Å². The van der Waals surface area contributed by atoms with Crippen LogP contribution in [0.5, 0.6) is 5.75 Å². The fraction of sp³-hybridized carbons (Fsp3) is 0.556. The second-order valence-corrected chi connectivity index (χ2v) is 8.03. The summed E-state index contributed by atoms with van der Waals surface area (Å²) in [7, 11) is 0. The van der Waals surface area contributed by atoms with Gasteiger partial charge < -0.3 is 4.74 Å². The predicted octanol–water partition coefficient (Wildman–Crippen LogP) is 7.83. The zero-order valence-corrected chi connectivity index (χ0v) is 18.0. The van der Waals surface area contributed by atoms with Gasteiger partial charge in [-0.05, 0) is 79.9 Å². The molecular formula is C27H38O. The molecule has 0 aliphatic heterocycles. The molecule has 1 nitrogen and oxygen atoms in total. The molecule has 1 saturated carbocycles. The van der Waals surface area contributed by atoms with Crippen LogP contribution >= 0.6 is 0 Å². The van der Waals surface area contributed by atoms with Gasteiger partial charge in [-0.1, -0.05) is 76.0 Å². The zero-order chi connectivity index (χ0) is 19.9. The SMILES string of the molecule is CCCCC[C@H]1CC[C@H](C=CC#CC=Cc2ccc(OCCCC)cc2)CC1. The molecule has 0 radical (unpaired) electrons. The van der Waals surface area contributed by atoms with Crippen molar-refractivity contribution >= 4 is 6.08 Å². The molecule has 0 aromatic heterocycles. The molecule has 1 aromatic carbocycles. The van der Waals surface area contributed by atoms with Gasteiger partial charge in [0.1, 0.15) is 5.75 Å². The summed E-state index contributed by atoms with van der Waals surface area (Å²) in [5.74, 6) is 8.95. The van der Waals surface area contributed by atoms with Crippen molar-refractivity contribution in [1.82, 2.24) is 0 Å². The number of hydrogen-bond acceptors (Lipinski definition) is 1. The molecule has 1 fully saturated rings. The Balaban J connectivity index is 1.66. The third kappa shape index (κ3) is 9.32. The van der Waals surface area contributed by atoms with Crippen LogP contribution in [0.2, 0.25) is 0 Å². The Morgan fingerprint density at radius 2 is 1.61 bits per heavy atom. The minimum atomic E-state index is 0.737. The monoisotopic (exact) mass is 378 g/mol. The zero-order valence-electron chi connectivity index (χ0n) is 18.0. The van der Waals surface area contributed by atoms with Gasteiger partial charge in [-0.3, -0.25) is 0 Å². The molecule has 0 spiro atoms. The van der Waals surface area contributed by atoms with Gasteiger partial charge in [0, 0.05) is 0 Å². The Hall–Kier alpha value is -1.94. The maximum absolute atomic E-state index is 5.69. The highest BCUT2D eigenvalue weighted by Crippen LogP contribution is 2.32. The summed E-state index contributed by atoms with van der Waals surface area (Å²) < 4.78 is 5.69. The van der Waals surface area contributed by atoms with Crippen molar-refractivity contribution in [3.63, 3.8) is 0 Å². The van der Waals surface area contributed by atoms with Crippen LogP contribution in [0.4, 0.5) is 0 Å². The smallest absolute Gasteiger partial charge is 0.119 e. The van der Waals surface area contributed by atoms with Crippen molar-refractivity contribution in [2.75, 3.05) is 6.61 Å². The molecular weight excluding hydrogens is 340 g/mol. The van der Waals surface area contributed by atoms with Crippen LogP contribution in [0.15, 0.2) is 42.5 Å². The van der Waals surface area contributed by atoms with E-state index in [0.717, 1.165) is 42.6 Å². The second kappa shape index (κ2) is 14.1. The summed E-state index contributed by atoms with van der Waals surface area (Å²) in [5.41, 5.74) is 1.16. The summed E-state index contributed by atoms with van der Waals surface area (Å²) in [6.07, 6.45) is 21.7. The molecule has 0 heterocycles. The summed E-state index contributed by atoms with van der Waals surface area (Å²) >= 11 is 0. The van der Waals surface area contributed by atoms with E-state index in [9.17, 15) is 0 Å². The molecule has 0 bridgehead atoms. The Bertz CT molecular complexity index is 633. The van der Waals surface area contributed by atoms with Crippen LogP contribution in [-0.2, 0) is 0 Å². The molecule has 1 heteroatoms. The summed E-state index contributed by atoms with van der Waals surface area (Å²) in [6.45, 7) is 5.26. The molecule has 0 unspecified atom stereocenters. The molecule has 1 aromatic rings. The Morgan fingerprint density at radius 3 is 2.32 bits per heavy atom. The standard InChI is InChI=1S/C27H38O/c1-3-5-9-12-24-15-17-25(18-16-24)13-10-7-8-11-14-26-19-21-27(22-20-26)28-23-6-4-2/h10-11,13-14,19-22,24-25H,3-6,9,12,15-18,23H2,1-2H3/t24-,25-. The molecule has 1 aliphatic rings. The van der Waals surface area contributed by atoms with E-state index in [0.29, 0.717) is 0 Å². The van der Waals surface area contributed by atoms with Gasteiger partial charge in [0.25, 0.3) is 0 Å². The lowest BCUT2D eigenvalue weighted by molar-refractivity contribution is 0.289. The van der Waals surface area contributed by atoms with Gasteiger partial charge in [-0.2, -0.15) is 0 Å². The Morgan fingerprint density at radius 1 is 0.893 bits per heavy atom. The van der Waals surface area contributed by atoms with E-state index >= 15 is 0 Å². The average molecular weight is 379 g/mol. The predicted molar refractivity (Wildman–Crippen MR) is 122 cm³/mol. The van der Waals surface area contributed by atoms with Crippen molar-refractivity contribution in [2.45, 2.75) is 78.1 Å². The number of ether oxygens (including phenoxy) is 1. The van der Waals surface area contributed by atoms with Gasteiger partial charge in [0.15, 0.2) is 0 Å². The Labute approximate surface area is 173 Å². The fourth-order valence-electron chi connectivity index (χ4n) is 3.78. The molecule has 1 aliphatic carbocycles. The largest absolute Gasteiger partial charge is 0.494 e. The highest BCUT2D eigenvalue weighted by atomic mass is 16.5. The first-order valence-corrected chi connectivity index (χ1v) is 11.4. The summed E-state index contributed by atoms with van der Waals surface area (Å²) in [5, 5.41) is 0.